The summed E-state index contributed by atoms with van der Waals surface area (Å²) in [5.74, 6) is -2.75. The van der Waals surface area contributed by atoms with Gasteiger partial charge >= 0.3 is 12.2 Å². The van der Waals surface area contributed by atoms with Crippen LogP contribution in [-0.4, -0.2) is 141 Å². The van der Waals surface area contributed by atoms with Crippen molar-refractivity contribution in [1.29, 1.82) is 0 Å². The molecule has 4 heterocycles. The lowest BCUT2D eigenvalue weighted by Gasteiger charge is -2.27. The summed E-state index contributed by atoms with van der Waals surface area (Å²) < 4.78 is 101. The summed E-state index contributed by atoms with van der Waals surface area (Å²) in [5, 5.41) is 27.0. The molecule has 3 unspecified atom stereocenters. The van der Waals surface area contributed by atoms with Crippen molar-refractivity contribution < 1.29 is 74.0 Å². The number of urea groups is 1. The predicted octanol–water partition coefficient (Wildman–Crippen LogP) is 4.24. The molecule has 22 heteroatoms. The van der Waals surface area contributed by atoms with Crippen molar-refractivity contribution in [3.05, 3.63) is 52.4 Å². The molecule has 3 amide bonds. The van der Waals surface area contributed by atoms with Crippen LogP contribution in [0.3, 0.4) is 0 Å². The van der Waals surface area contributed by atoms with E-state index in [0.717, 1.165) is 28.2 Å². The van der Waals surface area contributed by atoms with E-state index in [4.69, 9.17) is 40.8 Å². The highest BCUT2D eigenvalue weighted by Crippen LogP contribution is 2.34. The molecule has 0 saturated carbocycles. The molecule has 0 aliphatic carbocycles. The van der Waals surface area contributed by atoms with Crippen molar-refractivity contribution in [2.75, 3.05) is 69.2 Å². The highest BCUT2D eigenvalue weighted by atomic mass is 35.5. The number of likely N-dealkylation sites (N-methyl/N-ethyl adjacent to an activating group) is 1. The lowest BCUT2D eigenvalue weighted by molar-refractivity contribution is -0.140. The minimum atomic E-state index is -4.71. The Balaban J connectivity index is 0.000000314. The molecule has 5 rings (SSSR count). The Bertz CT molecular complexity index is 1840. The Morgan fingerprint density at radius 3 is 2.15 bits per heavy atom. The number of aromatic nitrogens is 1. The number of amides is 3. The summed E-state index contributed by atoms with van der Waals surface area (Å²) >= 11 is 5.81. The van der Waals surface area contributed by atoms with Crippen LogP contribution >= 0.6 is 11.6 Å². The number of aliphatic hydroxyl groups excluding tert-OH is 3. The fourth-order valence-electron chi connectivity index (χ4n) is 5.95. The van der Waals surface area contributed by atoms with Crippen molar-refractivity contribution in [3.63, 3.8) is 0 Å². The number of pyridine rings is 1. The van der Waals surface area contributed by atoms with Gasteiger partial charge in [-0.15, -0.1) is 0 Å². The van der Waals surface area contributed by atoms with E-state index in [1.54, 1.807) is 0 Å². The quantitative estimate of drug-likeness (QED) is 0.191. The number of nitrogens with zero attached hydrogens (tertiary/aromatic N) is 4. The molecule has 16 nitrogen and oxygen atoms in total. The number of aryl methyl sites for hydroxylation is 1. The van der Waals surface area contributed by atoms with Crippen LogP contribution in [0.4, 0.5) is 33.9 Å². The second-order valence-electron chi connectivity index (χ2n) is 14.8. The lowest BCUT2D eigenvalue weighted by Crippen LogP contribution is -2.47. The molecular formula is C37H53ClF4N4O12S. The molecule has 3 saturated heterocycles. The van der Waals surface area contributed by atoms with Gasteiger partial charge in [-0.3, -0.25) is 13.9 Å². The van der Waals surface area contributed by atoms with Crippen molar-refractivity contribution in [2.24, 2.45) is 0 Å². The van der Waals surface area contributed by atoms with E-state index >= 15 is 0 Å². The highest BCUT2D eigenvalue weighted by molar-refractivity contribution is 7.85. The summed E-state index contributed by atoms with van der Waals surface area (Å²) in [5.41, 5.74) is -0.843. The molecule has 1 aromatic heterocycles. The molecule has 334 valence electrons. The molecule has 3 N–H and O–H groups in total. The maximum atomic E-state index is 13.6. The number of benzene rings is 1. The van der Waals surface area contributed by atoms with Crippen LogP contribution < -0.4 is 9.80 Å². The fourth-order valence-corrected chi connectivity index (χ4v) is 6.53. The Kier molecular flexibility index (Phi) is 17.9. The first kappa shape index (κ1) is 50.1. The predicted molar refractivity (Wildman–Crippen MR) is 207 cm³/mol. The molecule has 0 radical (unpaired) electrons. The van der Waals surface area contributed by atoms with Crippen LogP contribution in [0.1, 0.15) is 58.2 Å². The van der Waals surface area contributed by atoms with E-state index in [0.29, 0.717) is 32.1 Å². The second-order valence-corrected chi connectivity index (χ2v) is 16.9. The minimum absolute atomic E-state index is 0.0124. The summed E-state index contributed by atoms with van der Waals surface area (Å²) in [7, 11) is -1.98. The van der Waals surface area contributed by atoms with Crippen LogP contribution in [-0.2, 0) is 44.2 Å². The topological polar surface area (TPSA) is 198 Å². The van der Waals surface area contributed by atoms with E-state index in [2.05, 4.69) is 9.17 Å². The number of carbonyl (C=O) groups is 2. The van der Waals surface area contributed by atoms with Crippen LogP contribution in [0, 0.1) is 12.7 Å². The number of aliphatic hydroxyl groups is 3. The van der Waals surface area contributed by atoms with Crippen molar-refractivity contribution in [2.45, 2.75) is 96.0 Å². The van der Waals surface area contributed by atoms with Gasteiger partial charge in [0.25, 0.3) is 16.0 Å². The van der Waals surface area contributed by atoms with E-state index in [1.807, 2.05) is 27.7 Å². The third-order valence-corrected chi connectivity index (χ3v) is 9.75. The third-order valence-electron chi connectivity index (χ3n) is 8.87. The van der Waals surface area contributed by atoms with Crippen LogP contribution in [0.2, 0.25) is 5.02 Å². The first-order chi connectivity index (χ1) is 27.3. The maximum Gasteiger partial charge on any atom is 0.416 e. The smallest absolute Gasteiger partial charge is 0.396 e. The van der Waals surface area contributed by atoms with Crippen LogP contribution in [0.25, 0.3) is 0 Å². The van der Waals surface area contributed by atoms with Crippen LogP contribution in [0.5, 0.6) is 0 Å². The molecule has 3 fully saturated rings. The molecule has 59 heavy (non-hydrogen) atoms. The number of hydrogen-bond donors (Lipinski definition) is 3. The molecule has 3 aliphatic rings. The van der Waals surface area contributed by atoms with Gasteiger partial charge in [0.1, 0.15) is 17.7 Å². The number of alkyl halides is 3. The van der Waals surface area contributed by atoms with Gasteiger partial charge in [0.2, 0.25) is 0 Å². The Morgan fingerprint density at radius 1 is 1.07 bits per heavy atom. The molecule has 3 aliphatic heterocycles. The number of anilines is 2. The van der Waals surface area contributed by atoms with Gasteiger partial charge in [-0.25, -0.2) is 14.2 Å². The maximum absolute atomic E-state index is 13.6. The SMILES string of the molecule is CC1(C)OCC(CCO)O1.CC1(C)OCC(CCOS(C)(=O)=O)O1.Cc1cc(C(F)(F)F)cc(N2C(=O)N(CCC(O)CO)C[C@H]2C(=O)N(C)c2ccc(F)c(Cl)c2)n1. The molecular weight excluding hydrogens is 836 g/mol. The largest absolute Gasteiger partial charge is 0.416 e. The van der Waals surface area contributed by atoms with Crippen molar-refractivity contribution >= 4 is 45.2 Å². The van der Waals surface area contributed by atoms with E-state index in [-0.39, 0.29) is 67.2 Å². The molecule has 4 atom stereocenters. The van der Waals surface area contributed by atoms with Gasteiger partial charge in [0.15, 0.2) is 11.6 Å². The highest BCUT2D eigenvalue weighted by Gasteiger charge is 2.45. The fraction of sp³-hybridized carbons (Fsp3) is 0.649. The molecule has 0 bridgehead atoms. The molecule has 2 aromatic rings. The standard InChI is InChI=1S/C22H23ClF4N4O4.C8H16O5S.C7H14O3/c1-12-7-13(22(25,26)27)8-19(28-12)31-18(10-30(21(31)35)6-5-15(33)11-32)20(34)29(2)14-3-4-17(24)16(23)9-14;1-8(2)11-6-7(13-8)4-5-12-14(3,9)10;1-7(2)9-5-6(10-7)3-4-8/h3-4,7-9,15,18,32-33H,5-6,10-11H2,1-2H3;7H,4-6H2,1-3H3;6,8H,3-5H2,1-2H3/t15?,18-;;/m0../s1. The lowest BCUT2D eigenvalue weighted by atomic mass is 10.1. The van der Waals surface area contributed by atoms with Crippen molar-refractivity contribution in [1.82, 2.24) is 9.88 Å². The summed E-state index contributed by atoms with van der Waals surface area (Å²) in [6.45, 7) is 9.32. The van der Waals surface area contributed by atoms with Gasteiger partial charge in [0, 0.05) is 38.0 Å². The number of ether oxygens (including phenoxy) is 4. The zero-order valence-corrected chi connectivity index (χ0v) is 35.4. The average molecular weight is 889 g/mol. The third kappa shape index (κ3) is 15.6. The molecule has 0 spiro atoms. The second kappa shape index (κ2) is 21.0. The minimum Gasteiger partial charge on any atom is -0.396 e. The summed E-state index contributed by atoms with van der Waals surface area (Å²) in [6, 6.07) is 3.00. The number of halogens is 5. The van der Waals surface area contributed by atoms with E-state index in [1.165, 1.54) is 31.0 Å². The van der Waals surface area contributed by atoms with E-state index in [9.17, 15) is 40.7 Å². The Labute approximate surface area is 346 Å². The first-order valence-electron chi connectivity index (χ1n) is 18.5. The first-order valence-corrected chi connectivity index (χ1v) is 20.7. The number of rotatable bonds is 13. The Morgan fingerprint density at radius 2 is 1.66 bits per heavy atom. The zero-order valence-electron chi connectivity index (χ0n) is 33.9. The zero-order chi connectivity index (χ0) is 44.5. The summed E-state index contributed by atoms with van der Waals surface area (Å²) in [6.07, 6.45) is -3.62. The molecule has 1 aromatic carbocycles. The van der Waals surface area contributed by atoms with Crippen LogP contribution in [0.15, 0.2) is 30.3 Å². The Hall–Kier alpha value is -3.25. The van der Waals surface area contributed by atoms with Crippen molar-refractivity contribution in [3.8, 4) is 0 Å². The normalized spacial score (nSPS) is 21.7. The van der Waals surface area contributed by atoms with Gasteiger partial charge < -0.3 is 44.1 Å². The summed E-state index contributed by atoms with van der Waals surface area (Å²) in [4.78, 5) is 33.8. The van der Waals surface area contributed by atoms with Gasteiger partial charge in [-0.1, -0.05) is 11.6 Å². The van der Waals surface area contributed by atoms with Gasteiger partial charge in [-0.2, -0.15) is 21.6 Å². The average Bonchev–Trinajstić information content (AvgIpc) is 3.79. The number of carbonyl (C=O) groups excluding carboxylic acids is 2. The van der Waals surface area contributed by atoms with Gasteiger partial charge in [-0.05, 0) is 77.8 Å². The monoisotopic (exact) mass is 888 g/mol. The number of hydrogen-bond acceptors (Lipinski definition) is 13. The van der Waals surface area contributed by atoms with E-state index < -0.39 is 69.9 Å². The van der Waals surface area contributed by atoms with Gasteiger partial charge in [0.05, 0.1) is 68.1 Å².